The van der Waals surface area contributed by atoms with Crippen molar-refractivity contribution in [2.45, 2.75) is 18.7 Å². The molecule has 0 amide bonds. The number of sulfonamides is 1. The number of carboxylic acids is 1. The van der Waals surface area contributed by atoms with Gasteiger partial charge in [-0.05, 0) is 24.1 Å². The van der Waals surface area contributed by atoms with Crippen molar-refractivity contribution in [1.29, 1.82) is 5.26 Å². The second-order valence-corrected chi connectivity index (χ2v) is 6.94. The van der Waals surface area contributed by atoms with Gasteiger partial charge in [-0.15, -0.1) is 0 Å². The molecule has 0 aliphatic heterocycles. The highest BCUT2D eigenvalue weighted by Gasteiger charge is 2.25. The molecular formula is C13H15ClN2O4S. The smallest absolute Gasteiger partial charge is 0.308 e. The van der Waals surface area contributed by atoms with Gasteiger partial charge in [-0.3, -0.25) is 4.79 Å². The summed E-state index contributed by atoms with van der Waals surface area (Å²) in [6.45, 7) is 3.16. The van der Waals surface area contributed by atoms with Crippen LogP contribution >= 0.6 is 11.6 Å². The maximum absolute atomic E-state index is 12.1. The van der Waals surface area contributed by atoms with E-state index >= 15 is 0 Å². The summed E-state index contributed by atoms with van der Waals surface area (Å²) in [6.07, 6.45) is 0. The lowest BCUT2D eigenvalue weighted by molar-refractivity contribution is -0.142. The predicted octanol–water partition coefficient (Wildman–Crippen LogP) is 1.85. The Morgan fingerprint density at radius 1 is 1.48 bits per heavy atom. The molecule has 0 heterocycles. The third-order valence-electron chi connectivity index (χ3n) is 2.97. The van der Waals surface area contributed by atoms with Crippen molar-refractivity contribution in [2.24, 2.45) is 11.8 Å². The zero-order valence-corrected chi connectivity index (χ0v) is 13.1. The zero-order valence-electron chi connectivity index (χ0n) is 11.5. The monoisotopic (exact) mass is 330 g/mol. The fraction of sp³-hybridized carbons (Fsp3) is 0.385. The number of rotatable bonds is 6. The number of carboxylic acid groups (broad SMARTS) is 1. The van der Waals surface area contributed by atoms with Crippen molar-refractivity contribution in [3.8, 4) is 6.07 Å². The average molecular weight is 331 g/mol. The number of halogens is 1. The number of aliphatic carboxylic acids is 1. The number of hydrogen-bond acceptors (Lipinski definition) is 4. The van der Waals surface area contributed by atoms with E-state index < -0.39 is 21.9 Å². The van der Waals surface area contributed by atoms with Crippen LogP contribution in [0.5, 0.6) is 0 Å². The number of nitrogens with zero attached hydrogens (tertiary/aromatic N) is 1. The quantitative estimate of drug-likeness (QED) is 0.827. The number of nitriles is 1. The summed E-state index contributed by atoms with van der Waals surface area (Å²) in [5.74, 6) is -2.13. The molecule has 0 saturated carbocycles. The summed E-state index contributed by atoms with van der Waals surface area (Å²) >= 11 is 5.85. The van der Waals surface area contributed by atoms with Crippen molar-refractivity contribution >= 4 is 27.6 Å². The van der Waals surface area contributed by atoms with Crippen LogP contribution in [-0.4, -0.2) is 26.0 Å². The van der Waals surface area contributed by atoms with Crippen molar-refractivity contribution in [1.82, 2.24) is 4.72 Å². The summed E-state index contributed by atoms with van der Waals surface area (Å²) in [4.78, 5) is 10.9. The minimum Gasteiger partial charge on any atom is -0.481 e. The van der Waals surface area contributed by atoms with E-state index in [0.717, 1.165) is 0 Å². The fourth-order valence-corrected chi connectivity index (χ4v) is 3.28. The maximum Gasteiger partial charge on any atom is 0.308 e. The Kier molecular flexibility index (Phi) is 5.72. The molecule has 0 aromatic heterocycles. The second-order valence-electron chi connectivity index (χ2n) is 4.80. The van der Waals surface area contributed by atoms with Crippen LogP contribution in [0.1, 0.15) is 19.4 Å². The van der Waals surface area contributed by atoms with E-state index in [1.807, 2.05) is 6.07 Å². The van der Waals surface area contributed by atoms with Crippen molar-refractivity contribution in [2.75, 3.05) is 6.54 Å². The lowest BCUT2D eigenvalue weighted by atomic mass is 9.97. The molecule has 1 unspecified atom stereocenters. The van der Waals surface area contributed by atoms with Crippen molar-refractivity contribution in [3.05, 3.63) is 28.8 Å². The summed E-state index contributed by atoms with van der Waals surface area (Å²) < 4.78 is 26.5. The number of benzene rings is 1. The molecule has 0 fully saturated rings. The van der Waals surface area contributed by atoms with Gasteiger partial charge in [0.05, 0.1) is 22.6 Å². The maximum atomic E-state index is 12.1. The van der Waals surface area contributed by atoms with Crippen LogP contribution in [0.2, 0.25) is 5.02 Å². The molecule has 2 N–H and O–H groups in total. The van der Waals surface area contributed by atoms with Gasteiger partial charge in [0.15, 0.2) is 0 Å². The molecule has 1 rings (SSSR count). The van der Waals surface area contributed by atoms with Gasteiger partial charge in [0.2, 0.25) is 10.0 Å². The normalized spacial score (nSPS) is 12.9. The first kappa shape index (κ1) is 17.4. The molecule has 1 aromatic rings. The molecular weight excluding hydrogens is 316 g/mol. The highest BCUT2D eigenvalue weighted by atomic mass is 35.5. The van der Waals surface area contributed by atoms with Gasteiger partial charge < -0.3 is 5.11 Å². The molecule has 114 valence electrons. The van der Waals surface area contributed by atoms with E-state index in [1.54, 1.807) is 13.8 Å². The standard InChI is InChI=1S/C13H15ClN2O4S/c1-8(2)10(13(17)18)7-16-21(19,20)12-4-3-9(6-15)5-11(12)14/h3-5,8,10,16H,7H2,1-2H3,(H,17,18). The van der Waals surface area contributed by atoms with Gasteiger partial charge in [-0.25, -0.2) is 13.1 Å². The largest absolute Gasteiger partial charge is 0.481 e. The molecule has 21 heavy (non-hydrogen) atoms. The first-order chi connectivity index (χ1) is 9.69. The summed E-state index contributed by atoms with van der Waals surface area (Å²) in [7, 11) is -3.93. The lowest BCUT2D eigenvalue weighted by Crippen LogP contribution is -2.35. The Morgan fingerprint density at radius 2 is 2.10 bits per heavy atom. The SMILES string of the molecule is CC(C)C(CNS(=O)(=O)c1ccc(C#N)cc1Cl)C(=O)O. The van der Waals surface area contributed by atoms with E-state index in [-0.39, 0.29) is 27.9 Å². The highest BCUT2D eigenvalue weighted by molar-refractivity contribution is 7.89. The highest BCUT2D eigenvalue weighted by Crippen LogP contribution is 2.22. The van der Waals surface area contributed by atoms with Crippen molar-refractivity contribution in [3.63, 3.8) is 0 Å². The summed E-state index contributed by atoms with van der Waals surface area (Å²) in [5, 5.41) is 17.7. The Balaban J connectivity index is 2.97. The molecule has 0 radical (unpaired) electrons. The van der Waals surface area contributed by atoms with Crippen LogP contribution < -0.4 is 4.72 Å². The van der Waals surface area contributed by atoms with Crippen LogP contribution in [0.15, 0.2) is 23.1 Å². The third kappa shape index (κ3) is 4.43. The van der Waals surface area contributed by atoms with Gasteiger partial charge in [0, 0.05) is 6.54 Å². The summed E-state index contributed by atoms with van der Waals surface area (Å²) in [5.41, 5.74) is 0.240. The first-order valence-corrected chi connectivity index (χ1v) is 7.97. The van der Waals surface area contributed by atoms with Crippen LogP contribution in [-0.2, 0) is 14.8 Å². The van der Waals surface area contributed by atoms with Gasteiger partial charge in [-0.2, -0.15) is 5.26 Å². The molecule has 1 aromatic carbocycles. The molecule has 0 saturated heterocycles. The van der Waals surface area contributed by atoms with Gasteiger partial charge in [0.25, 0.3) is 0 Å². The fourth-order valence-electron chi connectivity index (χ4n) is 1.67. The Morgan fingerprint density at radius 3 is 2.52 bits per heavy atom. The molecule has 0 bridgehead atoms. The minimum atomic E-state index is -3.93. The van der Waals surface area contributed by atoms with E-state index in [1.165, 1.54) is 18.2 Å². The van der Waals surface area contributed by atoms with Crippen LogP contribution in [0, 0.1) is 23.2 Å². The Labute approximate surface area is 128 Å². The Hall–Kier alpha value is -1.62. The van der Waals surface area contributed by atoms with Crippen molar-refractivity contribution < 1.29 is 18.3 Å². The molecule has 6 nitrogen and oxygen atoms in total. The molecule has 1 atom stereocenters. The van der Waals surface area contributed by atoms with Crippen LogP contribution in [0.25, 0.3) is 0 Å². The number of carbonyl (C=O) groups is 1. The predicted molar refractivity (Wildman–Crippen MR) is 77.3 cm³/mol. The van der Waals surface area contributed by atoms with Crippen LogP contribution in [0.4, 0.5) is 0 Å². The minimum absolute atomic E-state index is 0.0852. The van der Waals surface area contributed by atoms with Crippen LogP contribution in [0.3, 0.4) is 0 Å². The Bertz CT molecular complexity index is 680. The molecule has 0 aliphatic rings. The molecule has 8 heteroatoms. The average Bonchev–Trinajstić information content (AvgIpc) is 2.37. The number of nitrogens with one attached hydrogen (secondary N) is 1. The van der Waals surface area contributed by atoms with Gasteiger partial charge in [0.1, 0.15) is 4.90 Å². The van der Waals surface area contributed by atoms with E-state index in [9.17, 15) is 13.2 Å². The van der Waals surface area contributed by atoms with Gasteiger partial charge in [-0.1, -0.05) is 25.4 Å². The molecule has 0 aliphatic carbocycles. The summed E-state index contributed by atoms with van der Waals surface area (Å²) in [6, 6.07) is 5.64. The first-order valence-electron chi connectivity index (χ1n) is 6.11. The number of hydrogen-bond donors (Lipinski definition) is 2. The topological polar surface area (TPSA) is 107 Å². The zero-order chi connectivity index (χ0) is 16.2. The molecule has 0 spiro atoms. The van der Waals surface area contributed by atoms with Gasteiger partial charge >= 0.3 is 5.97 Å². The lowest BCUT2D eigenvalue weighted by Gasteiger charge is -2.17. The van der Waals surface area contributed by atoms with E-state index in [4.69, 9.17) is 22.0 Å². The van der Waals surface area contributed by atoms with E-state index in [0.29, 0.717) is 0 Å². The third-order valence-corrected chi connectivity index (χ3v) is 4.87. The van der Waals surface area contributed by atoms with E-state index in [2.05, 4.69) is 4.72 Å². The second kappa shape index (κ2) is 6.89.